The van der Waals surface area contributed by atoms with Gasteiger partial charge in [0.05, 0.1) is 6.20 Å². The molecule has 9 heteroatoms. The molecule has 2 N–H and O–H groups in total. The molecule has 0 radical (unpaired) electrons. The SMILES string of the molecule is CC(OCC(F)(F)F)C(=O)NCCNc1cnccn1. The Balaban J connectivity index is 2.16. The average Bonchev–Trinajstić information content (AvgIpc) is 2.41. The van der Waals surface area contributed by atoms with E-state index in [9.17, 15) is 18.0 Å². The molecule has 0 bridgehead atoms. The average molecular weight is 292 g/mol. The predicted octanol–water partition coefficient (Wildman–Crippen LogP) is 0.972. The lowest BCUT2D eigenvalue weighted by Gasteiger charge is -2.14. The molecule has 0 aliphatic heterocycles. The fourth-order valence-corrected chi connectivity index (χ4v) is 1.21. The van der Waals surface area contributed by atoms with Gasteiger partial charge in [-0.3, -0.25) is 9.78 Å². The van der Waals surface area contributed by atoms with Crippen molar-refractivity contribution in [3.63, 3.8) is 0 Å². The van der Waals surface area contributed by atoms with Crippen LogP contribution in [0.5, 0.6) is 0 Å². The molecule has 1 aromatic heterocycles. The molecule has 0 spiro atoms. The van der Waals surface area contributed by atoms with E-state index in [0.717, 1.165) is 0 Å². The maximum Gasteiger partial charge on any atom is 0.411 e. The van der Waals surface area contributed by atoms with Crippen LogP contribution < -0.4 is 10.6 Å². The van der Waals surface area contributed by atoms with E-state index >= 15 is 0 Å². The first kappa shape index (κ1) is 16.2. The molecule has 1 amide bonds. The van der Waals surface area contributed by atoms with Crippen LogP contribution in [0, 0.1) is 0 Å². The van der Waals surface area contributed by atoms with Crippen LogP contribution in [-0.4, -0.2) is 47.9 Å². The van der Waals surface area contributed by atoms with Crippen LogP contribution in [-0.2, 0) is 9.53 Å². The Labute approximate surface area is 113 Å². The van der Waals surface area contributed by atoms with Crippen LogP contribution in [0.4, 0.5) is 19.0 Å². The minimum Gasteiger partial charge on any atom is -0.367 e. The number of nitrogens with one attached hydrogen (secondary N) is 2. The number of amides is 1. The molecule has 0 saturated heterocycles. The summed E-state index contributed by atoms with van der Waals surface area (Å²) in [7, 11) is 0. The molecule has 6 nitrogen and oxygen atoms in total. The minimum atomic E-state index is -4.44. The van der Waals surface area contributed by atoms with Crippen molar-refractivity contribution >= 4 is 11.7 Å². The highest BCUT2D eigenvalue weighted by atomic mass is 19.4. The number of alkyl halides is 3. The summed E-state index contributed by atoms with van der Waals surface area (Å²) in [5.41, 5.74) is 0. The smallest absolute Gasteiger partial charge is 0.367 e. The largest absolute Gasteiger partial charge is 0.411 e. The van der Waals surface area contributed by atoms with Crippen LogP contribution in [0.25, 0.3) is 0 Å². The fraction of sp³-hybridized carbons (Fsp3) is 0.545. The Bertz CT molecular complexity index is 414. The lowest BCUT2D eigenvalue weighted by atomic mass is 10.3. The van der Waals surface area contributed by atoms with E-state index in [1.54, 1.807) is 0 Å². The summed E-state index contributed by atoms with van der Waals surface area (Å²) in [5, 5.41) is 5.33. The third-order valence-electron chi connectivity index (χ3n) is 2.16. The summed E-state index contributed by atoms with van der Waals surface area (Å²) in [4.78, 5) is 19.2. The van der Waals surface area contributed by atoms with E-state index in [4.69, 9.17) is 0 Å². The molecule has 1 rings (SSSR count). The summed E-state index contributed by atoms with van der Waals surface area (Å²) in [6.45, 7) is 0.419. The summed E-state index contributed by atoms with van der Waals surface area (Å²) in [6.07, 6.45) is -1.06. The van der Waals surface area contributed by atoms with Crippen molar-refractivity contribution in [2.75, 3.05) is 25.0 Å². The molecule has 20 heavy (non-hydrogen) atoms. The highest BCUT2D eigenvalue weighted by Gasteiger charge is 2.29. The molecule has 1 unspecified atom stereocenters. The number of anilines is 1. The van der Waals surface area contributed by atoms with Gasteiger partial charge in [-0.25, -0.2) is 4.98 Å². The van der Waals surface area contributed by atoms with Gasteiger partial charge in [0.2, 0.25) is 5.91 Å². The number of nitrogens with zero attached hydrogens (tertiary/aromatic N) is 2. The first-order valence-corrected chi connectivity index (χ1v) is 5.84. The molecule has 0 aromatic carbocycles. The van der Waals surface area contributed by atoms with Crippen LogP contribution >= 0.6 is 0 Å². The number of aromatic nitrogens is 2. The summed E-state index contributed by atoms with van der Waals surface area (Å²) in [6, 6.07) is 0. The van der Waals surface area contributed by atoms with Gasteiger partial charge in [-0.15, -0.1) is 0 Å². The molecule has 0 fully saturated rings. The summed E-state index contributed by atoms with van der Waals surface area (Å²) in [5.74, 6) is -0.0571. The Hall–Kier alpha value is -1.90. The zero-order valence-electron chi connectivity index (χ0n) is 10.8. The van der Waals surface area contributed by atoms with Crippen LogP contribution in [0.2, 0.25) is 0 Å². The number of hydrogen-bond acceptors (Lipinski definition) is 5. The van der Waals surface area contributed by atoms with Crippen molar-refractivity contribution in [2.24, 2.45) is 0 Å². The minimum absolute atomic E-state index is 0.231. The third kappa shape index (κ3) is 6.88. The standard InChI is InChI=1S/C11H15F3N4O2/c1-8(20-7-11(12,13)14)10(19)18-5-4-17-9-6-15-2-3-16-9/h2-3,6,8H,4-5,7H2,1H3,(H,16,17)(H,18,19). The zero-order valence-corrected chi connectivity index (χ0v) is 10.8. The first-order valence-electron chi connectivity index (χ1n) is 5.84. The van der Waals surface area contributed by atoms with Crippen LogP contribution in [0.3, 0.4) is 0 Å². The van der Waals surface area contributed by atoms with Gasteiger partial charge in [0.15, 0.2) is 0 Å². The van der Waals surface area contributed by atoms with E-state index in [2.05, 4.69) is 25.3 Å². The Morgan fingerprint density at radius 3 is 2.75 bits per heavy atom. The maximum atomic E-state index is 11.9. The van der Waals surface area contributed by atoms with Crippen LogP contribution in [0.15, 0.2) is 18.6 Å². The first-order chi connectivity index (χ1) is 9.38. The van der Waals surface area contributed by atoms with Gasteiger partial charge in [0.25, 0.3) is 0 Å². The van der Waals surface area contributed by atoms with Crippen molar-refractivity contribution < 1.29 is 22.7 Å². The highest BCUT2D eigenvalue weighted by molar-refractivity contribution is 5.80. The van der Waals surface area contributed by atoms with E-state index in [1.807, 2.05) is 0 Å². The quantitative estimate of drug-likeness (QED) is 0.732. The highest BCUT2D eigenvalue weighted by Crippen LogP contribution is 2.15. The van der Waals surface area contributed by atoms with Gasteiger partial charge in [-0.1, -0.05) is 0 Å². The van der Waals surface area contributed by atoms with Crippen molar-refractivity contribution in [3.8, 4) is 0 Å². The van der Waals surface area contributed by atoms with Gasteiger partial charge in [-0.2, -0.15) is 13.2 Å². The van der Waals surface area contributed by atoms with Gasteiger partial charge in [-0.05, 0) is 6.92 Å². The van der Waals surface area contributed by atoms with Crippen molar-refractivity contribution in [2.45, 2.75) is 19.2 Å². The number of ether oxygens (including phenoxy) is 1. The number of halogens is 3. The second-order valence-electron chi connectivity index (χ2n) is 3.88. The molecule has 1 atom stereocenters. The molecular weight excluding hydrogens is 277 g/mol. The topological polar surface area (TPSA) is 76.1 Å². The normalized spacial score (nSPS) is 12.8. The summed E-state index contributed by atoms with van der Waals surface area (Å²) >= 11 is 0. The molecule has 1 aromatic rings. The van der Waals surface area contributed by atoms with Crippen molar-refractivity contribution in [1.82, 2.24) is 15.3 Å². The predicted molar refractivity (Wildman–Crippen MR) is 65.0 cm³/mol. The second kappa shape index (κ2) is 7.63. The van der Waals surface area contributed by atoms with E-state index in [-0.39, 0.29) is 6.54 Å². The van der Waals surface area contributed by atoms with Crippen LogP contribution in [0.1, 0.15) is 6.92 Å². The zero-order chi connectivity index (χ0) is 15.0. The Morgan fingerprint density at radius 2 is 2.15 bits per heavy atom. The monoisotopic (exact) mass is 292 g/mol. The van der Waals surface area contributed by atoms with Crippen molar-refractivity contribution in [3.05, 3.63) is 18.6 Å². The third-order valence-corrected chi connectivity index (χ3v) is 2.16. The van der Waals surface area contributed by atoms with E-state index in [1.165, 1.54) is 25.5 Å². The molecular formula is C11H15F3N4O2. The van der Waals surface area contributed by atoms with Gasteiger partial charge in [0, 0.05) is 25.5 Å². The Kier molecular flexibility index (Phi) is 6.16. The van der Waals surface area contributed by atoms with E-state index in [0.29, 0.717) is 12.4 Å². The lowest BCUT2D eigenvalue weighted by molar-refractivity contribution is -0.185. The van der Waals surface area contributed by atoms with Crippen molar-refractivity contribution in [1.29, 1.82) is 0 Å². The van der Waals surface area contributed by atoms with Gasteiger partial charge in [0.1, 0.15) is 18.5 Å². The molecule has 0 aliphatic rings. The Morgan fingerprint density at radius 1 is 1.40 bits per heavy atom. The lowest BCUT2D eigenvalue weighted by Crippen LogP contribution is -2.38. The summed E-state index contributed by atoms with van der Waals surface area (Å²) < 4.78 is 40.1. The number of carbonyl (C=O) groups is 1. The molecule has 0 aliphatic carbocycles. The maximum absolute atomic E-state index is 11.9. The number of rotatable bonds is 7. The van der Waals surface area contributed by atoms with E-state index < -0.39 is 24.8 Å². The molecule has 0 saturated carbocycles. The molecule has 1 heterocycles. The van der Waals surface area contributed by atoms with Gasteiger partial charge >= 0.3 is 6.18 Å². The van der Waals surface area contributed by atoms with Gasteiger partial charge < -0.3 is 15.4 Å². The fourth-order valence-electron chi connectivity index (χ4n) is 1.21. The number of hydrogen-bond donors (Lipinski definition) is 2. The molecule has 112 valence electrons. The second-order valence-corrected chi connectivity index (χ2v) is 3.88. The number of carbonyl (C=O) groups excluding carboxylic acids is 1.